The van der Waals surface area contributed by atoms with Gasteiger partial charge in [-0.15, -0.1) is 0 Å². The summed E-state index contributed by atoms with van der Waals surface area (Å²) in [7, 11) is -3.73. The van der Waals surface area contributed by atoms with Crippen LogP contribution in [0.2, 0.25) is 0 Å². The number of nitrogens with zero attached hydrogens (tertiary/aromatic N) is 1. The molecule has 0 radical (unpaired) electrons. The third kappa shape index (κ3) is 2.69. The Morgan fingerprint density at radius 1 is 0.656 bits per heavy atom. The zero-order chi connectivity index (χ0) is 21.9. The van der Waals surface area contributed by atoms with Crippen LogP contribution >= 0.6 is 0 Å². The van der Waals surface area contributed by atoms with Gasteiger partial charge in [-0.2, -0.15) is 0 Å². The Balaban J connectivity index is 1.63. The van der Waals surface area contributed by atoms with E-state index in [-0.39, 0.29) is 5.92 Å². The summed E-state index contributed by atoms with van der Waals surface area (Å²) in [6.07, 6.45) is 1.82. The van der Waals surface area contributed by atoms with Crippen LogP contribution in [-0.2, 0) is 10.0 Å². The molecule has 6 rings (SSSR count). The van der Waals surface area contributed by atoms with Crippen LogP contribution in [0.15, 0.2) is 108 Å². The lowest BCUT2D eigenvalue weighted by molar-refractivity contribution is 0.589. The number of benzene rings is 4. The largest absolute Gasteiger partial charge is 0.268 e. The molecule has 1 aliphatic rings. The fraction of sp³-hybridized carbons (Fsp3) is 0.0714. The Morgan fingerprint density at radius 2 is 1.22 bits per heavy atom. The van der Waals surface area contributed by atoms with Crippen LogP contribution in [-0.4, -0.2) is 12.4 Å². The van der Waals surface area contributed by atoms with Gasteiger partial charge in [0.1, 0.15) is 0 Å². The smallest absolute Gasteiger partial charge is 0.241 e. The Hall–Kier alpha value is -3.63. The van der Waals surface area contributed by atoms with Crippen molar-refractivity contribution in [3.8, 4) is 11.1 Å². The highest BCUT2D eigenvalue weighted by atomic mass is 32.2. The molecule has 156 valence electrons. The summed E-state index contributed by atoms with van der Waals surface area (Å²) in [4.78, 5) is 0.294. The van der Waals surface area contributed by atoms with E-state index in [4.69, 9.17) is 0 Å². The van der Waals surface area contributed by atoms with Crippen molar-refractivity contribution < 1.29 is 8.42 Å². The maximum atomic E-state index is 13.6. The van der Waals surface area contributed by atoms with E-state index in [9.17, 15) is 8.42 Å². The molecule has 1 heterocycles. The van der Waals surface area contributed by atoms with Gasteiger partial charge in [0, 0.05) is 17.5 Å². The predicted molar refractivity (Wildman–Crippen MR) is 129 cm³/mol. The molecular formula is C28H21NO2S. The summed E-state index contributed by atoms with van der Waals surface area (Å²) in [5.41, 5.74) is 7.59. The Labute approximate surface area is 187 Å². The monoisotopic (exact) mass is 435 g/mol. The van der Waals surface area contributed by atoms with E-state index in [1.165, 1.54) is 26.2 Å². The van der Waals surface area contributed by atoms with Gasteiger partial charge in [-0.05, 0) is 52.9 Å². The van der Waals surface area contributed by atoms with E-state index in [2.05, 4.69) is 48.5 Å². The number of aryl methyl sites for hydroxylation is 1. The molecule has 32 heavy (non-hydrogen) atoms. The molecule has 0 aliphatic heterocycles. The third-order valence-corrected chi connectivity index (χ3v) is 8.12. The van der Waals surface area contributed by atoms with Crippen molar-refractivity contribution in [3.05, 3.63) is 126 Å². The van der Waals surface area contributed by atoms with Gasteiger partial charge in [-0.3, -0.25) is 0 Å². The molecule has 1 aromatic heterocycles. The zero-order valence-electron chi connectivity index (χ0n) is 17.6. The van der Waals surface area contributed by atoms with E-state index in [1.807, 2.05) is 49.5 Å². The summed E-state index contributed by atoms with van der Waals surface area (Å²) < 4.78 is 28.7. The highest BCUT2D eigenvalue weighted by molar-refractivity contribution is 7.90. The summed E-state index contributed by atoms with van der Waals surface area (Å²) in [6.45, 7) is 1.95. The second-order valence-electron chi connectivity index (χ2n) is 8.32. The van der Waals surface area contributed by atoms with Gasteiger partial charge >= 0.3 is 0 Å². The molecule has 0 amide bonds. The minimum Gasteiger partial charge on any atom is -0.241 e. The highest BCUT2D eigenvalue weighted by Gasteiger charge is 2.32. The van der Waals surface area contributed by atoms with E-state index in [0.717, 1.165) is 16.5 Å². The lowest BCUT2D eigenvalue weighted by atomic mass is 9.89. The van der Waals surface area contributed by atoms with Crippen molar-refractivity contribution in [2.24, 2.45) is 0 Å². The van der Waals surface area contributed by atoms with Crippen LogP contribution in [0.4, 0.5) is 0 Å². The van der Waals surface area contributed by atoms with Crippen molar-refractivity contribution in [1.29, 1.82) is 0 Å². The van der Waals surface area contributed by atoms with Crippen molar-refractivity contribution in [3.63, 3.8) is 0 Å². The predicted octanol–water partition coefficient (Wildman–Crippen LogP) is 6.35. The first-order chi connectivity index (χ1) is 15.6. The third-order valence-electron chi connectivity index (χ3n) is 6.43. The number of hydrogen-bond acceptors (Lipinski definition) is 2. The van der Waals surface area contributed by atoms with Gasteiger partial charge in [0.25, 0.3) is 10.0 Å². The molecule has 5 aromatic rings. The van der Waals surface area contributed by atoms with E-state index in [1.54, 1.807) is 12.1 Å². The van der Waals surface area contributed by atoms with E-state index in [0.29, 0.717) is 10.4 Å². The molecule has 0 saturated heterocycles. The highest BCUT2D eigenvalue weighted by Crippen LogP contribution is 2.49. The zero-order valence-corrected chi connectivity index (χ0v) is 18.4. The van der Waals surface area contributed by atoms with Gasteiger partial charge in [0.15, 0.2) is 0 Å². The number of rotatable bonds is 3. The first-order valence-corrected chi connectivity index (χ1v) is 12.1. The summed E-state index contributed by atoms with van der Waals surface area (Å²) in [6, 6.07) is 31.6. The molecule has 0 fully saturated rings. The van der Waals surface area contributed by atoms with Crippen molar-refractivity contribution in [2.45, 2.75) is 17.7 Å². The van der Waals surface area contributed by atoms with Crippen LogP contribution in [0.25, 0.3) is 22.0 Å². The molecule has 4 aromatic carbocycles. The second-order valence-corrected chi connectivity index (χ2v) is 10.1. The second kappa shape index (κ2) is 6.94. The first kappa shape index (κ1) is 19.1. The Morgan fingerprint density at radius 3 is 1.88 bits per heavy atom. The maximum Gasteiger partial charge on any atom is 0.268 e. The van der Waals surface area contributed by atoms with Crippen LogP contribution in [0.3, 0.4) is 0 Å². The van der Waals surface area contributed by atoms with Crippen LogP contribution in [0.5, 0.6) is 0 Å². The van der Waals surface area contributed by atoms with Gasteiger partial charge in [-0.25, -0.2) is 12.4 Å². The Bertz CT molecular complexity index is 1550. The number of para-hydroxylation sites is 1. The number of aromatic nitrogens is 1. The number of fused-ring (bicyclic) bond motifs is 4. The molecule has 0 spiro atoms. The van der Waals surface area contributed by atoms with Crippen LogP contribution in [0, 0.1) is 6.92 Å². The fourth-order valence-electron chi connectivity index (χ4n) is 4.92. The summed E-state index contributed by atoms with van der Waals surface area (Å²) in [5, 5.41) is 0.958. The fourth-order valence-corrected chi connectivity index (χ4v) is 6.30. The maximum absolute atomic E-state index is 13.6. The first-order valence-electron chi connectivity index (χ1n) is 10.7. The van der Waals surface area contributed by atoms with Gasteiger partial charge < -0.3 is 0 Å². The van der Waals surface area contributed by atoms with Crippen molar-refractivity contribution in [2.75, 3.05) is 0 Å². The number of hydrogen-bond donors (Lipinski definition) is 0. The van der Waals surface area contributed by atoms with Crippen LogP contribution in [0.1, 0.15) is 28.2 Å². The molecule has 0 N–H and O–H groups in total. The van der Waals surface area contributed by atoms with E-state index < -0.39 is 10.0 Å². The molecule has 1 aliphatic carbocycles. The summed E-state index contributed by atoms with van der Waals surface area (Å²) >= 11 is 0. The SMILES string of the molecule is Cc1ccc(S(=O)(=O)n2cc(C3c4ccccc4-c4ccccc43)c3ccccc32)cc1. The molecule has 3 nitrogen and oxygen atoms in total. The average molecular weight is 436 g/mol. The van der Waals surface area contributed by atoms with Crippen LogP contribution < -0.4 is 0 Å². The van der Waals surface area contributed by atoms with Gasteiger partial charge in [0.2, 0.25) is 0 Å². The lowest BCUT2D eigenvalue weighted by Crippen LogP contribution is -2.12. The van der Waals surface area contributed by atoms with Gasteiger partial charge in [-0.1, -0.05) is 84.4 Å². The Kier molecular flexibility index (Phi) is 4.14. The van der Waals surface area contributed by atoms with Crippen molar-refractivity contribution >= 4 is 20.9 Å². The molecule has 0 unspecified atom stereocenters. The van der Waals surface area contributed by atoms with Crippen molar-refractivity contribution in [1.82, 2.24) is 3.97 Å². The molecule has 4 heteroatoms. The normalized spacial score (nSPS) is 13.3. The minimum absolute atomic E-state index is 0.0123. The molecule has 0 atom stereocenters. The quantitative estimate of drug-likeness (QED) is 0.325. The minimum atomic E-state index is -3.73. The topological polar surface area (TPSA) is 39.1 Å². The lowest BCUT2D eigenvalue weighted by Gasteiger charge is -2.13. The molecule has 0 saturated carbocycles. The van der Waals surface area contributed by atoms with Gasteiger partial charge in [0.05, 0.1) is 10.4 Å². The molecule has 0 bridgehead atoms. The standard InChI is InChI=1S/C28H21NO2S/c1-19-14-16-20(17-15-19)32(30,31)29-18-26(23-10-6-7-13-27(23)29)28-24-11-4-2-8-21(24)22-9-3-5-12-25(22)28/h2-18,28H,1H3. The van der Waals surface area contributed by atoms with E-state index >= 15 is 0 Å². The summed E-state index contributed by atoms with van der Waals surface area (Å²) in [5.74, 6) is -0.0123. The average Bonchev–Trinajstić information content (AvgIpc) is 3.36. The molecular weight excluding hydrogens is 414 g/mol.